The van der Waals surface area contributed by atoms with Crippen LogP contribution in [0, 0.1) is 0 Å². The molecule has 0 unspecified atom stereocenters. The van der Waals surface area contributed by atoms with Crippen LogP contribution < -0.4 is 0 Å². The van der Waals surface area contributed by atoms with Crippen LogP contribution in [0.25, 0.3) is 0 Å². The molecule has 0 spiro atoms. The van der Waals surface area contributed by atoms with E-state index in [2.05, 4.69) is 20.6 Å². The summed E-state index contributed by atoms with van der Waals surface area (Å²) < 4.78 is 3.57. The quantitative estimate of drug-likeness (QED) is 0.715. The summed E-state index contributed by atoms with van der Waals surface area (Å²) in [5, 5.41) is 15.3. The molecule has 24 heavy (non-hydrogen) atoms. The van der Waals surface area contributed by atoms with Gasteiger partial charge in [0, 0.05) is 20.3 Å². The van der Waals surface area contributed by atoms with E-state index in [4.69, 9.17) is 0 Å². The second-order valence-electron chi connectivity index (χ2n) is 4.60. The van der Waals surface area contributed by atoms with Gasteiger partial charge in [0.1, 0.15) is 0 Å². The zero-order valence-corrected chi connectivity index (χ0v) is 17.1. The lowest BCUT2D eigenvalue weighted by Gasteiger charge is -2.08. The predicted molar refractivity (Wildman–Crippen MR) is 102 cm³/mol. The zero-order chi connectivity index (χ0) is 18.8. The normalized spacial score (nSPS) is 12.0. The van der Waals surface area contributed by atoms with Gasteiger partial charge in [0.25, 0.3) is 0 Å². The van der Waals surface area contributed by atoms with Crippen molar-refractivity contribution in [3.05, 3.63) is 23.8 Å². The molecule has 6 nitrogen and oxygen atoms in total. The Bertz CT molecular complexity index is 462. The standard InChI is InChI=1S/C9H15N3.C3H5N3.3C2H6/c1-12-9-7-5-3-2-4-6-8(9)10-11-12;1-6-3-2-4-5-6;3*1-2/h2-7H2,1H3;2-3H,1H3;3*1-2H3. The fourth-order valence-electron chi connectivity index (χ4n) is 2.13. The van der Waals surface area contributed by atoms with Gasteiger partial charge in [0.2, 0.25) is 0 Å². The van der Waals surface area contributed by atoms with Crippen LogP contribution in [0.4, 0.5) is 0 Å². The van der Waals surface area contributed by atoms with Crippen molar-refractivity contribution >= 4 is 0 Å². The van der Waals surface area contributed by atoms with E-state index in [1.54, 1.807) is 17.1 Å². The lowest BCUT2D eigenvalue weighted by atomic mass is 10.0. The third-order valence-corrected chi connectivity index (χ3v) is 3.14. The van der Waals surface area contributed by atoms with Crippen LogP contribution in [0.5, 0.6) is 0 Å². The lowest BCUT2D eigenvalue weighted by Crippen LogP contribution is -2.03. The first kappa shape index (κ1) is 24.5. The number of hydrogen-bond acceptors (Lipinski definition) is 4. The van der Waals surface area contributed by atoms with Crippen LogP contribution in [0.3, 0.4) is 0 Å². The van der Waals surface area contributed by atoms with Crippen LogP contribution in [0.2, 0.25) is 0 Å². The Balaban J connectivity index is 0. The fourth-order valence-corrected chi connectivity index (χ4v) is 2.13. The maximum atomic E-state index is 4.17. The minimum Gasteiger partial charge on any atom is -0.256 e. The molecule has 1 aliphatic rings. The minimum atomic E-state index is 1.13. The Morgan fingerprint density at radius 3 is 1.83 bits per heavy atom. The highest BCUT2D eigenvalue weighted by Gasteiger charge is 2.11. The number of aryl methyl sites for hydroxylation is 3. The first-order chi connectivity index (χ1) is 11.8. The summed E-state index contributed by atoms with van der Waals surface area (Å²) >= 11 is 0. The van der Waals surface area contributed by atoms with Gasteiger partial charge in [-0.05, 0) is 25.7 Å². The Kier molecular flexibility index (Phi) is 18.0. The molecule has 0 radical (unpaired) electrons. The first-order valence-electron chi connectivity index (χ1n) is 9.45. The van der Waals surface area contributed by atoms with E-state index in [9.17, 15) is 0 Å². The molecule has 2 heterocycles. The van der Waals surface area contributed by atoms with Gasteiger partial charge in [-0.25, -0.2) is 0 Å². The fraction of sp³-hybridized carbons (Fsp3) is 0.778. The third-order valence-electron chi connectivity index (χ3n) is 3.14. The molecule has 0 bridgehead atoms. The van der Waals surface area contributed by atoms with Crippen LogP contribution in [-0.2, 0) is 26.9 Å². The van der Waals surface area contributed by atoms with Gasteiger partial charge >= 0.3 is 0 Å². The van der Waals surface area contributed by atoms with E-state index < -0.39 is 0 Å². The second-order valence-corrected chi connectivity index (χ2v) is 4.60. The van der Waals surface area contributed by atoms with Crippen LogP contribution in [0.1, 0.15) is 78.6 Å². The molecule has 0 N–H and O–H groups in total. The SMILES string of the molecule is CC.CC.CC.Cn1ccnn1.Cn1nnc2c1CCCCCC2. The Hall–Kier alpha value is -1.72. The summed E-state index contributed by atoms with van der Waals surface area (Å²) in [6, 6.07) is 0. The lowest BCUT2D eigenvalue weighted by molar-refractivity contribution is 0.591. The molecule has 2 aromatic rings. The average molecular weight is 339 g/mol. The monoisotopic (exact) mass is 338 g/mol. The van der Waals surface area contributed by atoms with Gasteiger partial charge in [-0.1, -0.05) is 64.8 Å². The summed E-state index contributed by atoms with van der Waals surface area (Å²) in [4.78, 5) is 0. The Morgan fingerprint density at radius 2 is 1.38 bits per heavy atom. The van der Waals surface area contributed by atoms with Crippen LogP contribution in [0.15, 0.2) is 12.4 Å². The molecular formula is C18H38N6. The molecule has 1 aliphatic carbocycles. The van der Waals surface area contributed by atoms with Gasteiger partial charge in [0.15, 0.2) is 0 Å². The van der Waals surface area contributed by atoms with Crippen molar-refractivity contribution in [1.29, 1.82) is 0 Å². The number of nitrogens with zero attached hydrogens (tertiary/aromatic N) is 6. The van der Waals surface area contributed by atoms with Crippen molar-refractivity contribution in [2.24, 2.45) is 14.1 Å². The van der Waals surface area contributed by atoms with Crippen LogP contribution in [-0.4, -0.2) is 30.0 Å². The zero-order valence-electron chi connectivity index (χ0n) is 17.1. The summed E-state index contributed by atoms with van der Waals surface area (Å²) in [5.74, 6) is 0. The maximum Gasteiger partial charge on any atom is 0.0859 e. The topological polar surface area (TPSA) is 61.4 Å². The number of hydrogen-bond donors (Lipinski definition) is 0. The van der Waals surface area contributed by atoms with Crippen molar-refractivity contribution in [2.45, 2.75) is 80.1 Å². The summed E-state index contributed by atoms with van der Waals surface area (Å²) in [6.45, 7) is 12.0. The number of aromatic nitrogens is 6. The molecule has 0 fully saturated rings. The maximum absolute atomic E-state index is 4.17. The van der Waals surface area contributed by atoms with Crippen molar-refractivity contribution in [3.8, 4) is 0 Å². The minimum absolute atomic E-state index is 1.13. The summed E-state index contributed by atoms with van der Waals surface area (Å²) in [7, 11) is 3.82. The Labute approximate surface area is 148 Å². The molecule has 0 atom stereocenters. The number of rotatable bonds is 0. The smallest absolute Gasteiger partial charge is 0.0859 e. The van der Waals surface area contributed by atoms with E-state index in [0.29, 0.717) is 0 Å². The molecule has 3 rings (SSSR count). The summed E-state index contributed by atoms with van der Waals surface area (Å²) in [5.41, 5.74) is 2.59. The number of fused-ring (bicyclic) bond motifs is 1. The second kappa shape index (κ2) is 17.6. The van der Waals surface area contributed by atoms with E-state index >= 15 is 0 Å². The van der Waals surface area contributed by atoms with Crippen molar-refractivity contribution < 1.29 is 0 Å². The highest BCUT2D eigenvalue weighted by Crippen LogP contribution is 2.16. The first-order valence-corrected chi connectivity index (χ1v) is 9.45. The summed E-state index contributed by atoms with van der Waals surface area (Å²) in [6.07, 6.45) is 11.0. The average Bonchev–Trinajstić information content (AvgIpc) is 3.23. The van der Waals surface area contributed by atoms with Crippen molar-refractivity contribution in [2.75, 3.05) is 0 Å². The van der Waals surface area contributed by atoms with E-state index in [-0.39, 0.29) is 0 Å². The molecular weight excluding hydrogens is 300 g/mol. The highest BCUT2D eigenvalue weighted by atomic mass is 15.4. The van der Waals surface area contributed by atoms with E-state index in [1.807, 2.05) is 60.3 Å². The van der Waals surface area contributed by atoms with Crippen molar-refractivity contribution in [1.82, 2.24) is 30.0 Å². The van der Waals surface area contributed by atoms with Crippen molar-refractivity contribution in [3.63, 3.8) is 0 Å². The molecule has 0 amide bonds. The Morgan fingerprint density at radius 1 is 0.792 bits per heavy atom. The largest absolute Gasteiger partial charge is 0.256 e. The highest BCUT2D eigenvalue weighted by molar-refractivity contribution is 5.10. The predicted octanol–water partition coefficient (Wildman–Crippen LogP) is 4.37. The molecule has 140 valence electrons. The van der Waals surface area contributed by atoms with Gasteiger partial charge < -0.3 is 0 Å². The van der Waals surface area contributed by atoms with E-state index in [0.717, 1.165) is 6.42 Å². The molecule has 6 heteroatoms. The molecule has 0 aromatic carbocycles. The van der Waals surface area contributed by atoms with Gasteiger partial charge in [-0.3, -0.25) is 9.36 Å². The molecule has 0 saturated carbocycles. The van der Waals surface area contributed by atoms with Gasteiger partial charge in [0.05, 0.1) is 17.6 Å². The molecule has 0 aliphatic heterocycles. The van der Waals surface area contributed by atoms with Gasteiger partial charge in [-0.15, -0.1) is 10.2 Å². The van der Waals surface area contributed by atoms with E-state index in [1.165, 1.54) is 43.5 Å². The van der Waals surface area contributed by atoms with Crippen LogP contribution >= 0.6 is 0 Å². The van der Waals surface area contributed by atoms with Gasteiger partial charge in [-0.2, -0.15) is 0 Å². The molecule has 2 aromatic heterocycles. The molecule has 0 saturated heterocycles. The third kappa shape index (κ3) is 10.1.